The number of likely N-dealkylation sites (tertiary alicyclic amines) is 1. The van der Waals surface area contributed by atoms with Crippen LogP contribution in [0.2, 0.25) is 0 Å². The van der Waals surface area contributed by atoms with Crippen molar-refractivity contribution in [1.29, 1.82) is 0 Å². The van der Waals surface area contributed by atoms with E-state index in [1.165, 1.54) is 0 Å². The van der Waals surface area contributed by atoms with E-state index in [1.54, 1.807) is 4.90 Å². The normalized spacial score (nSPS) is 26.8. The largest absolute Gasteiger partial charge is 0.340 e. The lowest BCUT2D eigenvalue weighted by Gasteiger charge is -2.33. The summed E-state index contributed by atoms with van der Waals surface area (Å²) in [4.78, 5) is 41.1. The van der Waals surface area contributed by atoms with Crippen LogP contribution in [0.15, 0.2) is 24.3 Å². The standard InChI is InChI=1S/C19H24N4O3.ClH/c1-20-14-6-4-10-22(11-14)16(24)12-23-17(25)19(21-18(23)26)9-8-13-5-2-3-7-15(13)19;/h2-3,5,7,14,20H,4,6,8-12H2,1H3,(H,21,26);1H. The van der Waals surface area contributed by atoms with Gasteiger partial charge in [0.25, 0.3) is 5.91 Å². The van der Waals surface area contributed by atoms with E-state index in [2.05, 4.69) is 10.6 Å². The summed E-state index contributed by atoms with van der Waals surface area (Å²) in [6.07, 6.45) is 3.26. The Morgan fingerprint density at radius 2 is 2.11 bits per heavy atom. The molecule has 0 saturated carbocycles. The van der Waals surface area contributed by atoms with Crippen molar-refractivity contribution in [2.75, 3.05) is 26.7 Å². The summed E-state index contributed by atoms with van der Waals surface area (Å²) < 4.78 is 0. The van der Waals surface area contributed by atoms with Crippen LogP contribution in [0.3, 0.4) is 0 Å². The van der Waals surface area contributed by atoms with Gasteiger partial charge in [-0.1, -0.05) is 24.3 Å². The second kappa shape index (κ2) is 7.48. The molecule has 2 unspecified atom stereocenters. The summed E-state index contributed by atoms with van der Waals surface area (Å²) in [7, 11) is 1.89. The van der Waals surface area contributed by atoms with Crippen molar-refractivity contribution in [3.63, 3.8) is 0 Å². The Hall–Kier alpha value is -2.12. The molecule has 1 aromatic carbocycles. The third-order valence-corrected chi connectivity index (χ3v) is 5.90. The molecule has 7 nitrogen and oxygen atoms in total. The number of imide groups is 1. The molecule has 146 valence electrons. The van der Waals surface area contributed by atoms with E-state index in [4.69, 9.17) is 0 Å². The number of piperidine rings is 1. The van der Waals surface area contributed by atoms with Crippen LogP contribution in [0.5, 0.6) is 0 Å². The SMILES string of the molecule is CNC1CCCN(C(=O)CN2C(=O)NC3(CCc4ccccc43)C2=O)C1.Cl. The first-order valence-corrected chi connectivity index (χ1v) is 9.23. The number of benzene rings is 1. The van der Waals surface area contributed by atoms with Gasteiger partial charge in [-0.05, 0) is 43.9 Å². The van der Waals surface area contributed by atoms with Crippen LogP contribution >= 0.6 is 12.4 Å². The molecule has 27 heavy (non-hydrogen) atoms. The number of fused-ring (bicyclic) bond motifs is 2. The summed E-state index contributed by atoms with van der Waals surface area (Å²) in [6, 6.07) is 7.50. The van der Waals surface area contributed by atoms with E-state index >= 15 is 0 Å². The molecular formula is C19H25ClN4O3. The molecule has 0 radical (unpaired) electrons. The number of nitrogens with zero attached hydrogens (tertiary/aromatic N) is 2. The van der Waals surface area contributed by atoms with Crippen LogP contribution in [-0.4, -0.2) is 60.4 Å². The summed E-state index contributed by atoms with van der Waals surface area (Å²) in [6.45, 7) is 1.10. The number of aryl methyl sites for hydroxylation is 1. The molecular weight excluding hydrogens is 368 g/mol. The average molecular weight is 393 g/mol. The van der Waals surface area contributed by atoms with Crippen LogP contribution in [-0.2, 0) is 21.5 Å². The van der Waals surface area contributed by atoms with E-state index in [1.807, 2.05) is 31.3 Å². The van der Waals surface area contributed by atoms with Crippen LogP contribution in [0, 0.1) is 0 Å². The van der Waals surface area contributed by atoms with E-state index in [0.717, 1.165) is 35.3 Å². The van der Waals surface area contributed by atoms with Gasteiger partial charge in [-0.15, -0.1) is 12.4 Å². The van der Waals surface area contributed by atoms with Crippen molar-refractivity contribution in [2.45, 2.75) is 37.3 Å². The molecule has 8 heteroatoms. The van der Waals surface area contributed by atoms with Crippen molar-refractivity contribution >= 4 is 30.3 Å². The number of amides is 4. The number of hydrogen-bond donors (Lipinski definition) is 2. The highest BCUT2D eigenvalue weighted by Gasteiger charge is 2.55. The Morgan fingerprint density at radius 3 is 2.89 bits per heavy atom. The van der Waals surface area contributed by atoms with Gasteiger partial charge >= 0.3 is 6.03 Å². The highest BCUT2D eigenvalue weighted by Crippen LogP contribution is 2.41. The fourth-order valence-corrected chi connectivity index (χ4v) is 4.41. The maximum Gasteiger partial charge on any atom is 0.325 e. The Bertz CT molecular complexity index is 771. The van der Waals surface area contributed by atoms with Crippen LogP contribution < -0.4 is 10.6 Å². The second-order valence-electron chi connectivity index (χ2n) is 7.35. The Labute approximate surface area is 164 Å². The summed E-state index contributed by atoms with van der Waals surface area (Å²) in [5.74, 6) is -0.472. The van der Waals surface area contributed by atoms with Crippen molar-refractivity contribution in [3.05, 3.63) is 35.4 Å². The zero-order valence-corrected chi connectivity index (χ0v) is 16.2. The smallest absolute Gasteiger partial charge is 0.325 e. The zero-order chi connectivity index (χ0) is 18.3. The van der Waals surface area contributed by atoms with Crippen molar-refractivity contribution in [1.82, 2.24) is 20.4 Å². The molecule has 2 heterocycles. The molecule has 0 bridgehead atoms. The van der Waals surface area contributed by atoms with Gasteiger partial charge in [-0.3, -0.25) is 14.5 Å². The fourth-order valence-electron chi connectivity index (χ4n) is 4.41. The summed E-state index contributed by atoms with van der Waals surface area (Å²) >= 11 is 0. The van der Waals surface area contributed by atoms with E-state index in [-0.39, 0.29) is 36.8 Å². The zero-order valence-electron chi connectivity index (χ0n) is 15.4. The molecule has 1 spiro atoms. The predicted octanol–water partition coefficient (Wildman–Crippen LogP) is 1.01. The molecule has 4 amide bonds. The number of carbonyl (C=O) groups is 3. The summed E-state index contributed by atoms with van der Waals surface area (Å²) in [5, 5.41) is 6.06. The lowest BCUT2D eigenvalue weighted by molar-refractivity contribution is -0.139. The van der Waals surface area contributed by atoms with Gasteiger partial charge in [0.1, 0.15) is 12.1 Å². The molecule has 0 aromatic heterocycles. The first kappa shape index (κ1) is 19.6. The number of carbonyl (C=O) groups excluding carboxylic acids is 3. The quantitative estimate of drug-likeness (QED) is 0.752. The topological polar surface area (TPSA) is 81.8 Å². The molecule has 1 aromatic rings. The summed E-state index contributed by atoms with van der Waals surface area (Å²) in [5.41, 5.74) is 0.951. The number of halogens is 1. The van der Waals surface area contributed by atoms with Crippen molar-refractivity contribution in [2.24, 2.45) is 0 Å². The van der Waals surface area contributed by atoms with E-state index in [0.29, 0.717) is 19.5 Å². The Kier molecular flexibility index (Phi) is 5.44. The number of likely N-dealkylation sites (N-methyl/N-ethyl adjacent to an activating group) is 1. The third-order valence-electron chi connectivity index (χ3n) is 5.90. The second-order valence-corrected chi connectivity index (χ2v) is 7.35. The maximum absolute atomic E-state index is 13.1. The lowest BCUT2D eigenvalue weighted by atomic mass is 9.92. The maximum atomic E-state index is 13.1. The van der Waals surface area contributed by atoms with Gasteiger partial charge in [0.15, 0.2) is 0 Å². The average Bonchev–Trinajstić information content (AvgIpc) is 3.15. The molecule has 2 N–H and O–H groups in total. The van der Waals surface area contributed by atoms with Crippen LogP contribution in [0.4, 0.5) is 4.79 Å². The first-order valence-electron chi connectivity index (χ1n) is 9.23. The molecule has 3 aliphatic rings. The number of rotatable bonds is 3. The molecule has 2 saturated heterocycles. The molecule has 2 fully saturated rings. The highest BCUT2D eigenvalue weighted by atomic mass is 35.5. The lowest BCUT2D eigenvalue weighted by Crippen LogP contribution is -2.51. The molecule has 2 atom stereocenters. The van der Waals surface area contributed by atoms with Crippen LogP contribution in [0.1, 0.15) is 30.4 Å². The van der Waals surface area contributed by atoms with Gasteiger partial charge in [-0.2, -0.15) is 0 Å². The Morgan fingerprint density at radius 1 is 1.33 bits per heavy atom. The Balaban J connectivity index is 0.00000210. The predicted molar refractivity (Wildman–Crippen MR) is 103 cm³/mol. The number of hydrogen-bond acceptors (Lipinski definition) is 4. The minimum absolute atomic E-state index is 0. The monoisotopic (exact) mass is 392 g/mol. The molecule has 4 rings (SSSR count). The van der Waals surface area contributed by atoms with E-state index in [9.17, 15) is 14.4 Å². The first-order chi connectivity index (χ1) is 12.5. The third kappa shape index (κ3) is 3.19. The molecule has 1 aliphatic carbocycles. The van der Waals surface area contributed by atoms with Gasteiger partial charge in [0.05, 0.1) is 0 Å². The van der Waals surface area contributed by atoms with Gasteiger partial charge in [-0.25, -0.2) is 4.79 Å². The van der Waals surface area contributed by atoms with Crippen molar-refractivity contribution in [3.8, 4) is 0 Å². The fraction of sp³-hybridized carbons (Fsp3) is 0.526. The minimum atomic E-state index is -0.997. The van der Waals surface area contributed by atoms with Gasteiger partial charge < -0.3 is 15.5 Å². The van der Waals surface area contributed by atoms with Crippen molar-refractivity contribution < 1.29 is 14.4 Å². The number of urea groups is 1. The van der Waals surface area contributed by atoms with Gasteiger partial charge in [0, 0.05) is 19.1 Å². The minimum Gasteiger partial charge on any atom is -0.340 e. The highest BCUT2D eigenvalue weighted by molar-refractivity contribution is 6.09. The molecule has 2 aliphatic heterocycles. The van der Waals surface area contributed by atoms with Crippen LogP contribution in [0.25, 0.3) is 0 Å². The van der Waals surface area contributed by atoms with Gasteiger partial charge in [0.2, 0.25) is 5.91 Å². The number of nitrogens with one attached hydrogen (secondary N) is 2. The van der Waals surface area contributed by atoms with E-state index < -0.39 is 11.6 Å².